The maximum absolute atomic E-state index is 11.9. The van der Waals surface area contributed by atoms with Crippen LogP contribution >= 0.6 is 35.0 Å². The van der Waals surface area contributed by atoms with Gasteiger partial charge in [0.2, 0.25) is 11.8 Å². The summed E-state index contributed by atoms with van der Waals surface area (Å²) in [4.78, 5) is 23.4. The summed E-state index contributed by atoms with van der Waals surface area (Å²) in [5.74, 6) is 0.476. The molecule has 0 bridgehead atoms. The molecule has 1 aliphatic rings. The number of carbonyl (C=O) groups is 2. The number of thioether (sulfide) groups is 1. The van der Waals surface area contributed by atoms with Gasteiger partial charge in [-0.2, -0.15) is 0 Å². The second kappa shape index (κ2) is 6.50. The van der Waals surface area contributed by atoms with Gasteiger partial charge in [0.15, 0.2) is 0 Å². The molecule has 1 saturated heterocycles. The molecule has 7 heteroatoms. The van der Waals surface area contributed by atoms with Crippen molar-refractivity contribution in [2.24, 2.45) is 0 Å². The second-order valence-corrected chi connectivity index (χ2v) is 6.18. The van der Waals surface area contributed by atoms with Gasteiger partial charge in [-0.05, 0) is 18.2 Å². The lowest BCUT2D eigenvalue weighted by atomic mass is 10.2. The molecule has 1 heterocycles. The highest BCUT2D eigenvalue weighted by atomic mass is 35.5. The average molecular weight is 319 g/mol. The summed E-state index contributed by atoms with van der Waals surface area (Å²) < 4.78 is 0. The van der Waals surface area contributed by atoms with Gasteiger partial charge < -0.3 is 10.6 Å². The first-order valence-corrected chi connectivity index (χ1v) is 7.51. The first-order chi connectivity index (χ1) is 9.06. The maximum atomic E-state index is 11.9. The van der Waals surface area contributed by atoms with Crippen LogP contribution in [0.5, 0.6) is 0 Å². The first kappa shape index (κ1) is 14.5. The molecule has 4 nitrogen and oxygen atoms in total. The van der Waals surface area contributed by atoms with Crippen molar-refractivity contribution in [3.8, 4) is 0 Å². The minimum atomic E-state index is -0.341. The Labute approximate surface area is 125 Å². The van der Waals surface area contributed by atoms with Crippen LogP contribution in [0.4, 0.5) is 5.69 Å². The Morgan fingerprint density at radius 2 is 2.26 bits per heavy atom. The van der Waals surface area contributed by atoms with Gasteiger partial charge in [-0.25, -0.2) is 0 Å². The summed E-state index contributed by atoms with van der Waals surface area (Å²) in [6.45, 7) is 0.655. The molecule has 0 saturated carbocycles. The van der Waals surface area contributed by atoms with E-state index in [1.165, 1.54) is 11.8 Å². The number of rotatable bonds is 3. The van der Waals surface area contributed by atoms with Crippen molar-refractivity contribution in [1.82, 2.24) is 5.32 Å². The normalized spacial score (nSPS) is 18.8. The van der Waals surface area contributed by atoms with Crippen LogP contribution in [0.15, 0.2) is 18.2 Å². The van der Waals surface area contributed by atoms with Crippen molar-refractivity contribution in [2.75, 3.05) is 17.6 Å². The second-order valence-electron chi connectivity index (χ2n) is 4.03. The number of hydrogen-bond acceptors (Lipinski definition) is 3. The van der Waals surface area contributed by atoms with Gasteiger partial charge in [0.1, 0.15) is 0 Å². The summed E-state index contributed by atoms with van der Waals surface area (Å²) in [5.41, 5.74) is 0.459. The number of amides is 2. The first-order valence-electron chi connectivity index (χ1n) is 5.70. The Morgan fingerprint density at radius 1 is 1.47 bits per heavy atom. The molecule has 0 aliphatic carbocycles. The predicted octanol–water partition coefficient (Wildman–Crippen LogP) is 2.55. The summed E-state index contributed by atoms with van der Waals surface area (Å²) in [6.07, 6.45) is 0.124. The third-order valence-corrected chi connectivity index (χ3v) is 4.37. The Hall–Kier alpha value is -0.910. The fraction of sp³-hybridized carbons (Fsp3) is 0.333. The van der Waals surface area contributed by atoms with Crippen molar-refractivity contribution in [1.29, 1.82) is 0 Å². The van der Waals surface area contributed by atoms with E-state index >= 15 is 0 Å². The molecular formula is C12H12Cl2N2O2S. The summed E-state index contributed by atoms with van der Waals surface area (Å²) in [7, 11) is 0. The third-order valence-electron chi connectivity index (χ3n) is 2.59. The van der Waals surface area contributed by atoms with Crippen LogP contribution in [-0.4, -0.2) is 29.4 Å². The largest absolute Gasteiger partial charge is 0.354 e. The van der Waals surface area contributed by atoms with Crippen molar-refractivity contribution < 1.29 is 9.59 Å². The van der Waals surface area contributed by atoms with E-state index in [2.05, 4.69) is 10.6 Å². The lowest BCUT2D eigenvalue weighted by molar-refractivity contribution is -0.123. The van der Waals surface area contributed by atoms with Crippen molar-refractivity contribution in [3.05, 3.63) is 28.2 Å². The molecule has 2 rings (SSSR count). The van der Waals surface area contributed by atoms with E-state index < -0.39 is 0 Å². The highest BCUT2D eigenvalue weighted by Crippen LogP contribution is 2.26. The Balaban J connectivity index is 1.97. The third kappa shape index (κ3) is 4.03. The van der Waals surface area contributed by atoms with Gasteiger partial charge >= 0.3 is 0 Å². The standard InChI is InChI=1S/C12H12Cl2N2O2S/c13-7-1-2-8(14)9(5-7)16-11(17)6-10-12(18)15-3-4-19-10/h1-2,5,10H,3-4,6H2,(H,15,18)(H,16,17)/t10-/m1/s1. The van der Waals surface area contributed by atoms with Gasteiger partial charge in [-0.3, -0.25) is 9.59 Å². The van der Waals surface area contributed by atoms with E-state index in [9.17, 15) is 9.59 Å². The molecule has 0 radical (unpaired) electrons. The number of hydrogen-bond donors (Lipinski definition) is 2. The van der Waals surface area contributed by atoms with Crippen LogP contribution in [0.2, 0.25) is 10.0 Å². The molecule has 0 spiro atoms. The number of anilines is 1. The van der Waals surface area contributed by atoms with Crippen molar-refractivity contribution in [2.45, 2.75) is 11.7 Å². The summed E-state index contributed by atoms with van der Waals surface area (Å²) in [5, 5.41) is 5.97. The molecule has 2 N–H and O–H groups in total. The molecule has 0 aromatic heterocycles. The van der Waals surface area contributed by atoms with Crippen LogP contribution in [0.3, 0.4) is 0 Å². The van der Waals surface area contributed by atoms with E-state index in [1.807, 2.05) is 0 Å². The zero-order valence-corrected chi connectivity index (χ0v) is 12.2. The molecular weight excluding hydrogens is 307 g/mol. The van der Waals surface area contributed by atoms with E-state index in [-0.39, 0.29) is 23.5 Å². The fourth-order valence-electron chi connectivity index (χ4n) is 1.68. The van der Waals surface area contributed by atoms with E-state index in [4.69, 9.17) is 23.2 Å². The van der Waals surface area contributed by atoms with Crippen molar-refractivity contribution in [3.63, 3.8) is 0 Å². The summed E-state index contributed by atoms with van der Waals surface area (Å²) >= 11 is 13.3. The topological polar surface area (TPSA) is 58.2 Å². The molecule has 102 valence electrons. The minimum Gasteiger partial charge on any atom is -0.354 e. The van der Waals surface area contributed by atoms with E-state index in [1.54, 1.807) is 18.2 Å². The Morgan fingerprint density at radius 3 is 3.00 bits per heavy atom. The fourth-order valence-corrected chi connectivity index (χ4v) is 3.02. The molecule has 1 atom stereocenters. The lowest BCUT2D eigenvalue weighted by Gasteiger charge is -2.21. The lowest BCUT2D eigenvalue weighted by Crippen LogP contribution is -2.40. The molecule has 19 heavy (non-hydrogen) atoms. The molecule has 0 unspecified atom stereocenters. The van der Waals surface area contributed by atoms with Crippen LogP contribution in [-0.2, 0) is 9.59 Å². The number of halogens is 2. The van der Waals surface area contributed by atoms with Gasteiger partial charge in [0.05, 0.1) is 16.0 Å². The van der Waals surface area contributed by atoms with Crippen LogP contribution < -0.4 is 10.6 Å². The smallest absolute Gasteiger partial charge is 0.233 e. The number of benzene rings is 1. The Bertz CT molecular complexity index is 511. The zero-order valence-electron chi connectivity index (χ0n) is 9.91. The van der Waals surface area contributed by atoms with E-state index in [0.717, 1.165) is 5.75 Å². The SMILES string of the molecule is O=C(C[C@H]1SCCNC1=O)Nc1cc(Cl)ccc1Cl. The average Bonchev–Trinajstić information content (AvgIpc) is 2.37. The van der Waals surface area contributed by atoms with Gasteiger partial charge in [0.25, 0.3) is 0 Å². The highest BCUT2D eigenvalue weighted by molar-refractivity contribution is 8.00. The molecule has 1 fully saturated rings. The number of carbonyl (C=O) groups excluding carboxylic acids is 2. The number of nitrogens with one attached hydrogen (secondary N) is 2. The minimum absolute atomic E-state index is 0.0939. The van der Waals surface area contributed by atoms with Gasteiger partial charge in [0, 0.05) is 23.7 Å². The highest BCUT2D eigenvalue weighted by Gasteiger charge is 2.25. The molecule has 1 aliphatic heterocycles. The molecule has 2 amide bonds. The Kier molecular flexibility index (Phi) is 4.96. The summed E-state index contributed by atoms with van der Waals surface area (Å²) in [6, 6.07) is 4.83. The van der Waals surface area contributed by atoms with Gasteiger partial charge in [-0.1, -0.05) is 23.2 Å². The van der Waals surface area contributed by atoms with Crippen molar-refractivity contribution >= 4 is 52.5 Å². The van der Waals surface area contributed by atoms with Gasteiger partial charge in [-0.15, -0.1) is 11.8 Å². The van der Waals surface area contributed by atoms with E-state index in [0.29, 0.717) is 22.3 Å². The zero-order chi connectivity index (χ0) is 13.8. The maximum Gasteiger partial charge on any atom is 0.233 e. The van der Waals surface area contributed by atoms with Crippen LogP contribution in [0.25, 0.3) is 0 Å². The van der Waals surface area contributed by atoms with Crippen LogP contribution in [0, 0.1) is 0 Å². The monoisotopic (exact) mass is 318 g/mol. The quantitative estimate of drug-likeness (QED) is 0.900. The molecule has 1 aromatic carbocycles. The molecule has 1 aromatic rings. The predicted molar refractivity (Wildman–Crippen MR) is 79.0 cm³/mol. The van der Waals surface area contributed by atoms with Crippen LogP contribution in [0.1, 0.15) is 6.42 Å².